The SMILES string of the molecule is C=CCOc1ccccc1C1CC(=O)Nc2c1c(C)nn2-c1nncc(-c2cccc(OC)c2)n1. The molecule has 1 aliphatic heterocycles. The average Bonchev–Trinajstić information content (AvgIpc) is 3.23. The third-order valence-electron chi connectivity index (χ3n) is 5.86. The number of methoxy groups -OCH3 is 1. The number of rotatable bonds is 7. The van der Waals surface area contributed by atoms with E-state index >= 15 is 0 Å². The highest BCUT2D eigenvalue weighted by Crippen LogP contribution is 2.42. The molecule has 0 aliphatic carbocycles. The summed E-state index contributed by atoms with van der Waals surface area (Å²) >= 11 is 0. The molecule has 2 aromatic carbocycles. The van der Waals surface area contributed by atoms with Gasteiger partial charge in [-0.15, -0.1) is 5.10 Å². The van der Waals surface area contributed by atoms with Crippen LogP contribution in [-0.2, 0) is 4.79 Å². The van der Waals surface area contributed by atoms with Crippen LogP contribution in [0.2, 0.25) is 0 Å². The molecule has 176 valence electrons. The first-order chi connectivity index (χ1) is 17.1. The number of carbonyl (C=O) groups is 1. The van der Waals surface area contributed by atoms with Crippen LogP contribution in [0.3, 0.4) is 0 Å². The number of anilines is 1. The summed E-state index contributed by atoms with van der Waals surface area (Å²) in [6.45, 7) is 6.01. The smallest absolute Gasteiger partial charge is 0.272 e. The molecule has 0 fully saturated rings. The minimum Gasteiger partial charge on any atom is -0.497 e. The van der Waals surface area contributed by atoms with Crippen molar-refractivity contribution >= 4 is 11.7 Å². The normalized spacial score (nSPS) is 14.7. The van der Waals surface area contributed by atoms with Crippen LogP contribution < -0.4 is 14.8 Å². The summed E-state index contributed by atoms with van der Waals surface area (Å²) in [4.78, 5) is 17.5. The van der Waals surface area contributed by atoms with Gasteiger partial charge in [-0.3, -0.25) is 4.79 Å². The van der Waals surface area contributed by atoms with Crippen LogP contribution >= 0.6 is 0 Å². The van der Waals surface area contributed by atoms with Crippen molar-refractivity contribution < 1.29 is 14.3 Å². The Kier molecular flexibility index (Phi) is 5.97. The van der Waals surface area contributed by atoms with Crippen LogP contribution in [0.15, 0.2) is 67.4 Å². The number of amides is 1. The van der Waals surface area contributed by atoms with Gasteiger partial charge in [0.2, 0.25) is 5.91 Å². The molecule has 0 radical (unpaired) electrons. The first-order valence-electron chi connectivity index (χ1n) is 11.2. The highest BCUT2D eigenvalue weighted by Gasteiger charge is 2.34. The van der Waals surface area contributed by atoms with Crippen molar-refractivity contribution in [1.29, 1.82) is 0 Å². The molecule has 9 heteroatoms. The first-order valence-corrected chi connectivity index (χ1v) is 11.2. The number of fused-ring (bicyclic) bond motifs is 1. The van der Waals surface area contributed by atoms with Gasteiger partial charge in [-0.25, -0.2) is 4.98 Å². The van der Waals surface area contributed by atoms with Crippen molar-refractivity contribution in [3.63, 3.8) is 0 Å². The number of nitrogens with zero attached hydrogens (tertiary/aromatic N) is 5. The van der Waals surface area contributed by atoms with E-state index in [0.29, 0.717) is 29.6 Å². The van der Waals surface area contributed by atoms with E-state index in [9.17, 15) is 4.79 Å². The molecule has 0 bridgehead atoms. The van der Waals surface area contributed by atoms with Crippen LogP contribution in [0.4, 0.5) is 5.82 Å². The zero-order chi connectivity index (χ0) is 24.4. The Morgan fingerprint density at radius 2 is 2.09 bits per heavy atom. The fraction of sp³-hybridized carbons (Fsp3) is 0.192. The van der Waals surface area contributed by atoms with Crippen LogP contribution in [-0.4, -0.2) is 44.6 Å². The lowest BCUT2D eigenvalue weighted by atomic mass is 9.85. The number of para-hydroxylation sites is 1. The number of hydrogen-bond donors (Lipinski definition) is 1. The predicted octanol–water partition coefficient (Wildman–Crippen LogP) is 4.08. The Hall–Kier alpha value is -4.53. The molecule has 0 saturated carbocycles. The van der Waals surface area contributed by atoms with Gasteiger partial charge in [-0.05, 0) is 25.1 Å². The minimum atomic E-state index is -0.233. The number of hydrogen-bond acceptors (Lipinski definition) is 7. The highest BCUT2D eigenvalue weighted by molar-refractivity contribution is 5.95. The maximum absolute atomic E-state index is 12.8. The molecule has 5 rings (SSSR count). The lowest BCUT2D eigenvalue weighted by Crippen LogP contribution is -2.25. The molecular weight excluding hydrogens is 444 g/mol. The third kappa shape index (κ3) is 4.23. The number of benzene rings is 2. The van der Waals surface area contributed by atoms with E-state index in [4.69, 9.17) is 9.47 Å². The van der Waals surface area contributed by atoms with Crippen molar-refractivity contribution in [2.45, 2.75) is 19.3 Å². The molecule has 0 saturated heterocycles. The Morgan fingerprint density at radius 1 is 1.23 bits per heavy atom. The number of ether oxygens (including phenoxy) is 2. The van der Waals surface area contributed by atoms with Gasteiger partial charge in [0.25, 0.3) is 5.95 Å². The van der Waals surface area contributed by atoms with E-state index < -0.39 is 0 Å². The Bertz CT molecular complexity index is 1410. The van der Waals surface area contributed by atoms with Gasteiger partial charge in [0.15, 0.2) is 0 Å². The van der Waals surface area contributed by atoms with Crippen molar-refractivity contribution in [2.75, 3.05) is 19.0 Å². The van der Waals surface area contributed by atoms with E-state index in [2.05, 4.69) is 32.2 Å². The van der Waals surface area contributed by atoms with Gasteiger partial charge < -0.3 is 14.8 Å². The molecule has 2 aromatic heterocycles. The van der Waals surface area contributed by atoms with Gasteiger partial charge in [0, 0.05) is 29.0 Å². The maximum atomic E-state index is 12.8. The molecule has 9 nitrogen and oxygen atoms in total. The third-order valence-corrected chi connectivity index (χ3v) is 5.86. The molecule has 4 aromatic rings. The van der Waals surface area contributed by atoms with Gasteiger partial charge in [-0.1, -0.05) is 43.0 Å². The molecule has 1 amide bonds. The molecular formula is C26H24N6O3. The monoisotopic (exact) mass is 468 g/mol. The number of carbonyl (C=O) groups excluding carboxylic acids is 1. The van der Waals surface area contributed by atoms with Crippen molar-refractivity contribution in [3.05, 3.63) is 84.2 Å². The zero-order valence-electron chi connectivity index (χ0n) is 19.4. The second-order valence-electron chi connectivity index (χ2n) is 8.08. The quantitative estimate of drug-likeness (QED) is 0.408. The number of aryl methyl sites for hydroxylation is 1. The summed E-state index contributed by atoms with van der Waals surface area (Å²) in [7, 11) is 1.61. The molecule has 1 aliphatic rings. The minimum absolute atomic E-state index is 0.126. The van der Waals surface area contributed by atoms with Crippen LogP contribution in [0.1, 0.15) is 29.2 Å². The second-order valence-corrected chi connectivity index (χ2v) is 8.08. The van der Waals surface area contributed by atoms with E-state index in [1.165, 1.54) is 0 Å². The van der Waals surface area contributed by atoms with Crippen LogP contribution in [0.5, 0.6) is 11.5 Å². The summed E-state index contributed by atoms with van der Waals surface area (Å²) in [5, 5.41) is 16.0. The lowest BCUT2D eigenvalue weighted by Gasteiger charge is -2.25. The predicted molar refractivity (Wildman–Crippen MR) is 131 cm³/mol. The molecule has 35 heavy (non-hydrogen) atoms. The van der Waals surface area contributed by atoms with Gasteiger partial charge in [-0.2, -0.15) is 14.9 Å². The lowest BCUT2D eigenvalue weighted by molar-refractivity contribution is -0.116. The zero-order valence-corrected chi connectivity index (χ0v) is 19.4. The fourth-order valence-corrected chi connectivity index (χ4v) is 4.31. The van der Waals surface area contributed by atoms with Crippen molar-refractivity contribution in [3.8, 4) is 28.7 Å². The fourth-order valence-electron chi connectivity index (χ4n) is 4.31. The second kappa shape index (κ2) is 9.38. The standard InChI is InChI=1S/C26H24N6O3/c1-4-12-35-22-11-6-5-10-19(22)20-14-23(33)29-25-24(20)16(2)31-32(25)26-28-21(15-27-30-26)17-8-7-9-18(13-17)34-3/h4-11,13,15,20H,1,12,14H2,2-3H3,(H,29,33). The molecule has 0 spiro atoms. The maximum Gasteiger partial charge on any atom is 0.272 e. The van der Waals surface area contributed by atoms with Gasteiger partial charge in [0.1, 0.15) is 23.9 Å². The molecule has 1 N–H and O–H groups in total. The van der Waals surface area contributed by atoms with E-state index in [1.807, 2.05) is 55.5 Å². The summed E-state index contributed by atoms with van der Waals surface area (Å²) < 4.78 is 12.7. The van der Waals surface area contributed by atoms with E-state index in [1.54, 1.807) is 24.1 Å². The summed E-state index contributed by atoms with van der Waals surface area (Å²) in [5.74, 6) is 1.85. The topological polar surface area (TPSA) is 104 Å². The summed E-state index contributed by atoms with van der Waals surface area (Å²) in [6.07, 6.45) is 3.55. The average molecular weight is 469 g/mol. The van der Waals surface area contributed by atoms with Crippen molar-refractivity contribution in [2.24, 2.45) is 0 Å². The van der Waals surface area contributed by atoms with Crippen LogP contribution in [0, 0.1) is 6.92 Å². The number of nitrogens with one attached hydrogen (secondary N) is 1. The highest BCUT2D eigenvalue weighted by atomic mass is 16.5. The number of aromatic nitrogens is 5. The molecule has 3 heterocycles. The summed E-state index contributed by atoms with van der Waals surface area (Å²) in [6, 6.07) is 15.2. The van der Waals surface area contributed by atoms with Crippen LogP contribution in [0.25, 0.3) is 17.2 Å². The van der Waals surface area contributed by atoms with E-state index in [-0.39, 0.29) is 24.2 Å². The molecule has 1 atom stereocenters. The van der Waals surface area contributed by atoms with Crippen molar-refractivity contribution in [1.82, 2.24) is 25.0 Å². The van der Waals surface area contributed by atoms with Gasteiger partial charge >= 0.3 is 0 Å². The molecule has 1 unspecified atom stereocenters. The Balaban J connectivity index is 1.59. The Labute approximate surface area is 202 Å². The van der Waals surface area contributed by atoms with E-state index in [0.717, 1.165) is 22.4 Å². The Morgan fingerprint density at radius 3 is 2.91 bits per heavy atom. The van der Waals surface area contributed by atoms with Gasteiger partial charge in [0.05, 0.1) is 24.7 Å². The first kappa shape index (κ1) is 22.3. The largest absolute Gasteiger partial charge is 0.497 e. The summed E-state index contributed by atoms with van der Waals surface area (Å²) in [5.41, 5.74) is 4.01.